The van der Waals surface area contributed by atoms with Gasteiger partial charge in [-0.3, -0.25) is 9.69 Å². The number of piperidine rings is 1. The lowest BCUT2D eigenvalue weighted by Gasteiger charge is -2.48. The molecule has 2 aliphatic rings. The van der Waals surface area contributed by atoms with Gasteiger partial charge in [-0.1, -0.05) is 47.5 Å². The molecule has 0 bridgehead atoms. The Morgan fingerprint density at radius 2 is 1.40 bits per heavy atom. The number of amides is 3. The molecule has 2 saturated heterocycles. The first-order valence-corrected chi connectivity index (χ1v) is 13.1. The lowest BCUT2D eigenvalue weighted by molar-refractivity contribution is -0.139. The van der Waals surface area contributed by atoms with Crippen LogP contribution in [0.5, 0.6) is 0 Å². The van der Waals surface area contributed by atoms with Gasteiger partial charge in [0.05, 0.1) is 6.04 Å². The molecule has 3 amide bonds. The van der Waals surface area contributed by atoms with E-state index >= 15 is 0 Å². The Balaban J connectivity index is 1.47. The summed E-state index contributed by atoms with van der Waals surface area (Å²) in [6.07, 6.45) is 2.18. The van der Waals surface area contributed by atoms with Gasteiger partial charge in [-0.2, -0.15) is 0 Å². The van der Waals surface area contributed by atoms with Crippen LogP contribution in [0.3, 0.4) is 0 Å². The minimum Gasteiger partial charge on any atom is -0.351 e. The first-order chi connectivity index (χ1) is 16.7. The van der Waals surface area contributed by atoms with Crippen molar-refractivity contribution in [3.8, 4) is 0 Å². The fourth-order valence-corrected chi connectivity index (χ4v) is 5.70. The Kier molecular flexibility index (Phi) is 8.25. The maximum absolute atomic E-state index is 13.3. The molecule has 35 heavy (non-hydrogen) atoms. The Morgan fingerprint density at radius 3 is 1.89 bits per heavy atom. The molecule has 0 spiro atoms. The topological polar surface area (TPSA) is 69.9 Å². The number of primary amides is 1. The number of piperazine rings is 1. The third-order valence-electron chi connectivity index (χ3n) is 7.45. The molecule has 2 atom stereocenters. The van der Waals surface area contributed by atoms with E-state index in [0.29, 0.717) is 42.0 Å². The molecule has 2 heterocycles. The Hall–Kier alpha value is -2.28. The minimum absolute atomic E-state index is 0.0392. The Morgan fingerprint density at radius 1 is 0.886 bits per heavy atom. The van der Waals surface area contributed by atoms with Crippen LogP contribution in [0.15, 0.2) is 48.5 Å². The average molecular weight is 518 g/mol. The normalized spacial score (nSPS) is 22.0. The fraction of sp³-hybridized carbons (Fsp3) is 0.481. The molecular weight excluding hydrogens is 483 g/mol. The summed E-state index contributed by atoms with van der Waals surface area (Å²) in [6.45, 7) is 7.04. The molecule has 6 nitrogen and oxygen atoms in total. The molecule has 0 radical (unpaired) electrons. The van der Waals surface area contributed by atoms with Crippen LogP contribution in [0.1, 0.15) is 50.3 Å². The number of carbonyl (C=O) groups is 2. The molecule has 2 fully saturated rings. The number of hydrogen-bond donors (Lipinski definition) is 1. The summed E-state index contributed by atoms with van der Waals surface area (Å²) in [5.41, 5.74) is 7.72. The predicted octanol–water partition coefficient (Wildman–Crippen LogP) is 5.18. The number of halogens is 2. The van der Waals surface area contributed by atoms with Crippen LogP contribution < -0.4 is 5.73 Å². The summed E-state index contributed by atoms with van der Waals surface area (Å²) in [5, 5.41) is 1.42. The number of likely N-dealkylation sites (tertiary alicyclic amines) is 1. The highest BCUT2D eigenvalue weighted by Crippen LogP contribution is 2.35. The number of hydrogen-bond acceptors (Lipinski definition) is 3. The summed E-state index contributed by atoms with van der Waals surface area (Å²) in [5.74, 6) is 0.505. The van der Waals surface area contributed by atoms with Crippen LogP contribution in [0, 0.1) is 5.92 Å². The monoisotopic (exact) mass is 516 g/mol. The molecule has 0 aliphatic carbocycles. The van der Waals surface area contributed by atoms with Gasteiger partial charge in [0.1, 0.15) is 0 Å². The van der Waals surface area contributed by atoms with Crippen LogP contribution in [0.4, 0.5) is 4.79 Å². The van der Waals surface area contributed by atoms with Gasteiger partial charge in [0.2, 0.25) is 5.91 Å². The minimum atomic E-state index is -0.371. The van der Waals surface area contributed by atoms with E-state index in [0.717, 1.165) is 30.5 Å². The van der Waals surface area contributed by atoms with E-state index in [4.69, 9.17) is 28.9 Å². The highest BCUT2D eigenvalue weighted by Gasteiger charge is 2.37. The molecule has 8 heteroatoms. The van der Waals surface area contributed by atoms with Crippen molar-refractivity contribution < 1.29 is 9.59 Å². The number of nitrogens with zero attached hydrogens (tertiary/aromatic N) is 3. The van der Waals surface area contributed by atoms with Gasteiger partial charge in [0, 0.05) is 54.7 Å². The number of carbonyl (C=O) groups excluding carboxylic acids is 2. The van der Waals surface area contributed by atoms with Gasteiger partial charge in [-0.05, 0) is 68.0 Å². The van der Waals surface area contributed by atoms with Gasteiger partial charge in [-0.15, -0.1) is 0 Å². The molecule has 0 aromatic heterocycles. The van der Waals surface area contributed by atoms with Crippen molar-refractivity contribution in [2.24, 2.45) is 11.7 Å². The molecular formula is C27H34Cl2N4O2. The third kappa shape index (κ3) is 6.11. The van der Waals surface area contributed by atoms with Gasteiger partial charge >= 0.3 is 6.03 Å². The number of nitrogens with two attached hydrogens (primary N) is 1. The van der Waals surface area contributed by atoms with Crippen molar-refractivity contribution in [3.05, 3.63) is 69.7 Å². The van der Waals surface area contributed by atoms with Crippen LogP contribution in [0.2, 0.25) is 10.0 Å². The molecule has 4 rings (SSSR count). The first-order valence-electron chi connectivity index (χ1n) is 12.3. The summed E-state index contributed by atoms with van der Waals surface area (Å²) in [6, 6.07) is 16.0. The van der Waals surface area contributed by atoms with E-state index in [1.54, 1.807) is 4.90 Å². The molecule has 0 unspecified atom stereocenters. The van der Waals surface area contributed by atoms with Crippen molar-refractivity contribution in [2.45, 2.75) is 51.2 Å². The van der Waals surface area contributed by atoms with Gasteiger partial charge in [0.25, 0.3) is 0 Å². The van der Waals surface area contributed by atoms with Crippen molar-refractivity contribution in [1.82, 2.24) is 14.7 Å². The summed E-state index contributed by atoms with van der Waals surface area (Å²) >= 11 is 12.4. The highest BCUT2D eigenvalue weighted by molar-refractivity contribution is 6.30. The third-order valence-corrected chi connectivity index (χ3v) is 7.95. The van der Waals surface area contributed by atoms with E-state index in [-0.39, 0.29) is 30.1 Å². The second-order valence-corrected chi connectivity index (χ2v) is 10.8. The smallest absolute Gasteiger partial charge is 0.314 e. The zero-order valence-corrected chi connectivity index (χ0v) is 21.9. The van der Waals surface area contributed by atoms with Gasteiger partial charge in [0.15, 0.2) is 0 Å². The predicted molar refractivity (Wildman–Crippen MR) is 141 cm³/mol. The van der Waals surface area contributed by atoms with E-state index in [1.165, 1.54) is 0 Å². The lowest BCUT2D eigenvalue weighted by Crippen LogP contribution is -2.59. The van der Waals surface area contributed by atoms with Crippen LogP contribution in [-0.2, 0) is 4.79 Å². The van der Waals surface area contributed by atoms with Crippen LogP contribution in [-0.4, -0.2) is 64.9 Å². The summed E-state index contributed by atoms with van der Waals surface area (Å²) in [4.78, 5) is 30.9. The van der Waals surface area contributed by atoms with Gasteiger partial charge < -0.3 is 15.5 Å². The van der Waals surface area contributed by atoms with Gasteiger partial charge in [-0.25, -0.2) is 4.79 Å². The number of urea groups is 1. The van der Waals surface area contributed by atoms with Crippen molar-refractivity contribution in [1.29, 1.82) is 0 Å². The maximum atomic E-state index is 13.3. The molecule has 2 aromatic rings. The van der Waals surface area contributed by atoms with E-state index < -0.39 is 0 Å². The molecule has 2 aliphatic heterocycles. The van der Waals surface area contributed by atoms with Crippen molar-refractivity contribution >= 4 is 35.1 Å². The maximum Gasteiger partial charge on any atom is 0.314 e. The average Bonchev–Trinajstić information content (AvgIpc) is 2.83. The number of rotatable bonds is 5. The second-order valence-electron chi connectivity index (χ2n) is 9.92. The molecule has 188 valence electrons. The first kappa shape index (κ1) is 25.8. The van der Waals surface area contributed by atoms with E-state index in [9.17, 15) is 9.59 Å². The lowest BCUT2D eigenvalue weighted by atomic mass is 9.91. The largest absolute Gasteiger partial charge is 0.351 e. The highest BCUT2D eigenvalue weighted by atomic mass is 35.5. The van der Waals surface area contributed by atoms with Crippen molar-refractivity contribution in [3.63, 3.8) is 0 Å². The molecule has 0 saturated carbocycles. The molecule has 2 aromatic carbocycles. The zero-order valence-electron chi connectivity index (χ0n) is 20.4. The van der Waals surface area contributed by atoms with Crippen LogP contribution in [0.25, 0.3) is 0 Å². The SMILES string of the molecule is C[C@@H]1CN(C(=O)CC2CCN(C(N)=O)CC2)[C@@H](C)CN1C(c1ccc(Cl)cc1)c1ccc(Cl)cc1. The summed E-state index contributed by atoms with van der Waals surface area (Å²) in [7, 11) is 0. The standard InChI is InChI=1S/C27H34Cl2N4O2/c1-18-17-33(26(21-3-7-23(28)8-4-21)22-5-9-24(29)10-6-22)19(2)16-32(18)25(34)15-20-11-13-31(14-12-20)27(30)35/h3-10,18-20,26H,11-17H2,1-2H3,(H2,30,35)/t18-,19+/m0/s1. The zero-order chi connectivity index (χ0) is 25.1. The summed E-state index contributed by atoms with van der Waals surface area (Å²) < 4.78 is 0. The quantitative estimate of drug-likeness (QED) is 0.594. The Bertz CT molecular complexity index is 977. The molecule has 2 N–H and O–H groups in total. The second kappa shape index (κ2) is 11.2. The van der Waals surface area contributed by atoms with Crippen LogP contribution >= 0.6 is 23.2 Å². The fourth-order valence-electron chi connectivity index (χ4n) is 5.45. The van der Waals surface area contributed by atoms with Crippen molar-refractivity contribution in [2.75, 3.05) is 26.2 Å². The van der Waals surface area contributed by atoms with E-state index in [1.807, 2.05) is 29.2 Å². The Labute approximate surface area is 217 Å². The van der Waals surface area contributed by atoms with E-state index in [2.05, 4.69) is 43.0 Å². The number of benzene rings is 2.